The van der Waals surface area contributed by atoms with Crippen LogP contribution in [0.15, 0.2) is 30.5 Å². The third kappa shape index (κ3) is 2.54. The summed E-state index contributed by atoms with van der Waals surface area (Å²) in [5.74, 6) is -1.26. The number of carbonyl (C=O) groups excluding carboxylic acids is 1. The maximum absolute atomic E-state index is 11.8. The Morgan fingerprint density at radius 2 is 1.95 bits per heavy atom. The quantitative estimate of drug-likeness (QED) is 0.921. The smallest absolute Gasteiger partial charge is 0.337 e. The van der Waals surface area contributed by atoms with Crippen LogP contribution in [-0.4, -0.2) is 45.8 Å². The van der Waals surface area contributed by atoms with Crippen LogP contribution >= 0.6 is 0 Å². The molecule has 1 aromatic heterocycles. The van der Waals surface area contributed by atoms with Crippen molar-refractivity contribution in [2.45, 2.75) is 6.92 Å². The van der Waals surface area contributed by atoms with Crippen molar-refractivity contribution in [1.82, 2.24) is 14.7 Å². The van der Waals surface area contributed by atoms with Crippen LogP contribution in [0.25, 0.3) is 5.69 Å². The summed E-state index contributed by atoms with van der Waals surface area (Å²) in [6, 6.07) is 6.62. The van der Waals surface area contributed by atoms with E-state index in [1.807, 2.05) is 6.92 Å². The lowest BCUT2D eigenvalue weighted by atomic mass is 10.1. The number of aromatic carboxylic acids is 1. The first-order chi connectivity index (χ1) is 9.40. The normalized spacial score (nSPS) is 10.3. The number of aryl methyl sites for hydroxylation is 1. The Morgan fingerprint density at radius 3 is 2.55 bits per heavy atom. The Balaban J connectivity index is 2.48. The zero-order valence-corrected chi connectivity index (χ0v) is 11.5. The van der Waals surface area contributed by atoms with Crippen LogP contribution in [0.1, 0.15) is 26.4 Å². The van der Waals surface area contributed by atoms with Gasteiger partial charge in [0, 0.05) is 20.3 Å². The molecule has 0 saturated heterocycles. The van der Waals surface area contributed by atoms with Crippen LogP contribution in [0.5, 0.6) is 0 Å². The Bertz CT molecular complexity index is 674. The molecular formula is C14H15N3O3. The molecule has 6 nitrogen and oxygen atoms in total. The zero-order valence-electron chi connectivity index (χ0n) is 11.5. The van der Waals surface area contributed by atoms with Crippen LogP contribution in [0.2, 0.25) is 0 Å². The van der Waals surface area contributed by atoms with Crippen molar-refractivity contribution in [2.75, 3.05) is 14.1 Å². The van der Waals surface area contributed by atoms with E-state index in [-0.39, 0.29) is 17.2 Å². The first kappa shape index (κ1) is 13.8. The van der Waals surface area contributed by atoms with Crippen molar-refractivity contribution in [3.05, 3.63) is 47.3 Å². The van der Waals surface area contributed by atoms with Gasteiger partial charge in [-0.25, -0.2) is 9.48 Å². The third-order valence-corrected chi connectivity index (χ3v) is 2.84. The fourth-order valence-corrected chi connectivity index (χ4v) is 1.82. The predicted molar refractivity (Wildman–Crippen MR) is 73.3 cm³/mol. The van der Waals surface area contributed by atoms with E-state index in [2.05, 4.69) is 5.10 Å². The van der Waals surface area contributed by atoms with Gasteiger partial charge < -0.3 is 10.0 Å². The highest BCUT2D eigenvalue weighted by molar-refractivity contribution is 5.93. The third-order valence-electron chi connectivity index (χ3n) is 2.84. The number of rotatable bonds is 3. The van der Waals surface area contributed by atoms with Gasteiger partial charge in [-0.2, -0.15) is 5.10 Å². The molecule has 0 saturated carbocycles. The van der Waals surface area contributed by atoms with E-state index in [4.69, 9.17) is 0 Å². The lowest BCUT2D eigenvalue weighted by Crippen LogP contribution is -2.22. The molecule has 2 rings (SSSR count). The average Bonchev–Trinajstić information content (AvgIpc) is 2.86. The molecule has 0 fully saturated rings. The number of nitrogens with zero attached hydrogens (tertiary/aromatic N) is 3. The number of aromatic nitrogens is 2. The summed E-state index contributed by atoms with van der Waals surface area (Å²) in [5.41, 5.74) is 1.70. The molecule has 1 heterocycles. The van der Waals surface area contributed by atoms with Gasteiger partial charge in [-0.15, -0.1) is 0 Å². The number of amides is 1. The topological polar surface area (TPSA) is 75.4 Å². The van der Waals surface area contributed by atoms with Crippen molar-refractivity contribution < 1.29 is 14.7 Å². The van der Waals surface area contributed by atoms with Crippen molar-refractivity contribution in [1.29, 1.82) is 0 Å². The highest BCUT2D eigenvalue weighted by Crippen LogP contribution is 2.16. The van der Waals surface area contributed by atoms with Crippen molar-refractivity contribution in [2.24, 2.45) is 0 Å². The van der Waals surface area contributed by atoms with Crippen LogP contribution in [0, 0.1) is 6.92 Å². The molecule has 0 aliphatic carbocycles. The van der Waals surface area contributed by atoms with Crippen LogP contribution < -0.4 is 0 Å². The maximum atomic E-state index is 11.8. The minimum atomic E-state index is -1.03. The van der Waals surface area contributed by atoms with E-state index in [9.17, 15) is 14.7 Å². The monoisotopic (exact) mass is 273 g/mol. The maximum Gasteiger partial charge on any atom is 0.337 e. The Labute approximate surface area is 116 Å². The Morgan fingerprint density at radius 1 is 1.25 bits per heavy atom. The minimum Gasteiger partial charge on any atom is -0.478 e. The second-order valence-corrected chi connectivity index (χ2v) is 4.67. The van der Waals surface area contributed by atoms with E-state index in [1.54, 1.807) is 44.6 Å². The highest BCUT2D eigenvalue weighted by Gasteiger charge is 2.16. The number of carboxylic acid groups (broad SMARTS) is 1. The van der Waals surface area contributed by atoms with Crippen LogP contribution in [0.3, 0.4) is 0 Å². The molecule has 0 aliphatic rings. The standard InChI is InChI=1S/C14H15N3O3/c1-9-4-5-12(10(8-9)14(19)20)17-7-6-11(15-17)13(18)16(2)3/h4-8H,1-3H3,(H,19,20). The van der Waals surface area contributed by atoms with Crippen LogP contribution in [0.4, 0.5) is 0 Å². The minimum absolute atomic E-state index is 0.150. The van der Waals surface area contributed by atoms with Gasteiger partial charge in [0.25, 0.3) is 5.91 Å². The molecule has 1 aromatic carbocycles. The van der Waals surface area contributed by atoms with E-state index in [1.165, 1.54) is 9.58 Å². The highest BCUT2D eigenvalue weighted by atomic mass is 16.4. The molecule has 0 radical (unpaired) electrons. The first-order valence-electron chi connectivity index (χ1n) is 6.02. The van der Waals surface area contributed by atoms with Gasteiger partial charge in [-0.05, 0) is 25.1 Å². The largest absolute Gasteiger partial charge is 0.478 e. The molecule has 0 atom stereocenters. The number of hydrogen-bond acceptors (Lipinski definition) is 3. The van der Waals surface area contributed by atoms with Gasteiger partial charge in [0.1, 0.15) is 0 Å². The fourth-order valence-electron chi connectivity index (χ4n) is 1.82. The first-order valence-corrected chi connectivity index (χ1v) is 6.02. The van der Waals surface area contributed by atoms with E-state index in [0.717, 1.165) is 5.56 Å². The zero-order chi connectivity index (χ0) is 14.9. The molecule has 1 N–H and O–H groups in total. The predicted octanol–water partition coefficient (Wildman–Crippen LogP) is 1.58. The average molecular weight is 273 g/mol. The van der Waals surface area contributed by atoms with Gasteiger partial charge in [-0.1, -0.05) is 11.6 Å². The van der Waals surface area contributed by atoms with Gasteiger partial charge in [0.2, 0.25) is 0 Å². The fraction of sp³-hybridized carbons (Fsp3) is 0.214. The second kappa shape index (κ2) is 5.16. The van der Waals surface area contributed by atoms with Gasteiger partial charge in [0.05, 0.1) is 11.3 Å². The summed E-state index contributed by atoms with van der Waals surface area (Å²) < 4.78 is 1.40. The van der Waals surface area contributed by atoms with Gasteiger partial charge in [0.15, 0.2) is 5.69 Å². The molecule has 6 heteroatoms. The lowest BCUT2D eigenvalue weighted by molar-refractivity contribution is 0.0696. The summed E-state index contributed by atoms with van der Waals surface area (Å²) in [6.07, 6.45) is 1.58. The number of hydrogen-bond donors (Lipinski definition) is 1. The summed E-state index contributed by atoms with van der Waals surface area (Å²) >= 11 is 0. The molecule has 2 aromatic rings. The van der Waals surface area contributed by atoms with Gasteiger partial charge in [-0.3, -0.25) is 4.79 Å². The molecule has 0 spiro atoms. The van der Waals surface area contributed by atoms with E-state index in [0.29, 0.717) is 5.69 Å². The van der Waals surface area contributed by atoms with Crippen molar-refractivity contribution in [3.63, 3.8) is 0 Å². The molecule has 0 aliphatic heterocycles. The Hall–Kier alpha value is -2.63. The summed E-state index contributed by atoms with van der Waals surface area (Å²) in [7, 11) is 3.27. The summed E-state index contributed by atoms with van der Waals surface area (Å²) in [4.78, 5) is 24.5. The van der Waals surface area contributed by atoms with Gasteiger partial charge >= 0.3 is 5.97 Å². The summed E-state index contributed by atoms with van der Waals surface area (Å²) in [5, 5.41) is 13.4. The number of benzene rings is 1. The summed E-state index contributed by atoms with van der Waals surface area (Å²) in [6.45, 7) is 1.82. The molecule has 20 heavy (non-hydrogen) atoms. The molecular weight excluding hydrogens is 258 g/mol. The number of carbonyl (C=O) groups is 2. The number of carboxylic acids is 1. The molecule has 104 valence electrons. The Kier molecular flexibility index (Phi) is 3.56. The lowest BCUT2D eigenvalue weighted by Gasteiger charge is -2.08. The second-order valence-electron chi connectivity index (χ2n) is 4.67. The van der Waals surface area contributed by atoms with Crippen molar-refractivity contribution in [3.8, 4) is 5.69 Å². The SMILES string of the molecule is Cc1ccc(-n2ccc(C(=O)N(C)C)n2)c(C(=O)O)c1. The molecule has 0 bridgehead atoms. The van der Waals surface area contributed by atoms with E-state index < -0.39 is 5.97 Å². The van der Waals surface area contributed by atoms with Crippen LogP contribution in [-0.2, 0) is 0 Å². The van der Waals surface area contributed by atoms with Crippen molar-refractivity contribution >= 4 is 11.9 Å². The van der Waals surface area contributed by atoms with E-state index >= 15 is 0 Å². The molecule has 1 amide bonds. The molecule has 0 unspecified atom stereocenters.